The predicted molar refractivity (Wildman–Crippen MR) is 85.1 cm³/mol. The Labute approximate surface area is 122 Å². The monoisotopic (exact) mass is 276 g/mol. The van der Waals surface area contributed by atoms with Gasteiger partial charge in [-0.05, 0) is 38.5 Å². The fraction of sp³-hybridized carbons (Fsp3) is 0.750. The lowest BCUT2D eigenvalue weighted by Gasteiger charge is -2.35. The molecule has 1 aliphatic carbocycles. The van der Waals surface area contributed by atoms with Gasteiger partial charge < -0.3 is 10.6 Å². The van der Waals surface area contributed by atoms with E-state index in [0.717, 1.165) is 35.6 Å². The molecule has 0 amide bonds. The molecular weight excluding hydrogens is 248 g/mol. The van der Waals surface area contributed by atoms with Crippen molar-refractivity contribution in [2.24, 2.45) is 11.8 Å². The number of rotatable bonds is 5. The fourth-order valence-electron chi connectivity index (χ4n) is 3.25. The molecule has 1 heterocycles. The molecule has 4 heteroatoms. The van der Waals surface area contributed by atoms with Crippen molar-refractivity contribution in [3.63, 3.8) is 0 Å². The van der Waals surface area contributed by atoms with Crippen LogP contribution in [0.25, 0.3) is 0 Å². The van der Waals surface area contributed by atoms with E-state index in [4.69, 9.17) is 0 Å². The summed E-state index contributed by atoms with van der Waals surface area (Å²) in [6.07, 6.45) is 6.93. The van der Waals surface area contributed by atoms with E-state index >= 15 is 0 Å². The Bertz CT molecular complexity index is 430. The average Bonchev–Trinajstić information content (AvgIpc) is 2.44. The second-order valence-corrected chi connectivity index (χ2v) is 6.17. The third kappa shape index (κ3) is 3.41. The third-order valence-electron chi connectivity index (χ3n) is 4.43. The first kappa shape index (κ1) is 15.1. The van der Waals surface area contributed by atoms with Gasteiger partial charge in [-0.1, -0.05) is 26.7 Å². The van der Waals surface area contributed by atoms with E-state index in [9.17, 15) is 0 Å². The summed E-state index contributed by atoms with van der Waals surface area (Å²) in [5.74, 6) is 3.42. The maximum atomic E-state index is 4.45. The van der Waals surface area contributed by atoms with Crippen LogP contribution in [-0.4, -0.2) is 22.6 Å². The molecule has 0 aliphatic heterocycles. The number of nitrogens with zero attached hydrogens (tertiary/aromatic N) is 2. The van der Waals surface area contributed by atoms with Gasteiger partial charge in [0, 0.05) is 18.2 Å². The van der Waals surface area contributed by atoms with E-state index in [0.29, 0.717) is 6.04 Å². The average molecular weight is 276 g/mol. The van der Waals surface area contributed by atoms with Crippen molar-refractivity contribution in [1.82, 2.24) is 9.97 Å². The van der Waals surface area contributed by atoms with Crippen LogP contribution in [0.5, 0.6) is 0 Å². The van der Waals surface area contributed by atoms with Crippen LogP contribution in [0, 0.1) is 18.8 Å². The van der Waals surface area contributed by atoms with Crippen LogP contribution < -0.4 is 10.6 Å². The third-order valence-corrected chi connectivity index (χ3v) is 4.43. The van der Waals surface area contributed by atoms with Gasteiger partial charge in [0.15, 0.2) is 0 Å². The van der Waals surface area contributed by atoms with Crippen molar-refractivity contribution in [3.8, 4) is 0 Å². The molecule has 2 rings (SSSR count). The zero-order valence-electron chi connectivity index (χ0n) is 13.2. The molecular formula is C16H28N4. The van der Waals surface area contributed by atoms with Crippen LogP contribution in [0.1, 0.15) is 52.0 Å². The predicted octanol–water partition coefficient (Wildman–Crippen LogP) is 3.84. The number of hydrogen-bond donors (Lipinski definition) is 2. The molecule has 1 aromatic heterocycles. The minimum Gasteiger partial charge on any atom is -0.370 e. The maximum Gasteiger partial charge on any atom is 0.134 e. The number of anilines is 2. The molecule has 112 valence electrons. The van der Waals surface area contributed by atoms with Crippen molar-refractivity contribution in [3.05, 3.63) is 11.9 Å². The first-order chi connectivity index (χ1) is 9.63. The fourth-order valence-corrected chi connectivity index (χ4v) is 3.25. The molecule has 0 bridgehead atoms. The molecule has 4 nitrogen and oxygen atoms in total. The Morgan fingerprint density at radius 2 is 1.90 bits per heavy atom. The molecule has 20 heavy (non-hydrogen) atoms. The van der Waals surface area contributed by atoms with Gasteiger partial charge in [0.2, 0.25) is 0 Å². The van der Waals surface area contributed by atoms with Crippen molar-refractivity contribution in [1.29, 1.82) is 0 Å². The Kier molecular flexibility index (Phi) is 5.21. The largest absolute Gasteiger partial charge is 0.370 e. The zero-order chi connectivity index (χ0) is 14.5. The Balaban J connectivity index is 2.13. The standard InChI is InChI=1S/C16H28N4/c1-5-17-15-12(4)16(19-10-18-15)20-14-9-7-6-8-13(14)11(2)3/h10-11,13-14H,5-9H2,1-4H3,(H2,17,18,19,20). The lowest BCUT2D eigenvalue weighted by Crippen LogP contribution is -2.35. The summed E-state index contributed by atoms with van der Waals surface area (Å²) in [5.41, 5.74) is 1.13. The normalized spacial score (nSPS) is 22.9. The lowest BCUT2D eigenvalue weighted by molar-refractivity contribution is 0.253. The number of aromatic nitrogens is 2. The highest BCUT2D eigenvalue weighted by atomic mass is 15.1. The van der Waals surface area contributed by atoms with Crippen LogP contribution >= 0.6 is 0 Å². The van der Waals surface area contributed by atoms with Crippen molar-refractivity contribution >= 4 is 11.6 Å². The van der Waals surface area contributed by atoms with Crippen LogP contribution in [-0.2, 0) is 0 Å². The van der Waals surface area contributed by atoms with Crippen molar-refractivity contribution in [2.75, 3.05) is 17.2 Å². The SMILES string of the molecule is CCNc1ncnc(NC2CCCCC2C(C)C)c1C. The molecule has 1 fully saturated rings. The quantitative estimate of drug-likeness (QED) is 0.858. The van der Waals surface area contributed by atoms with Gasteiger partial charge in [-0.15, -0.1) is 0 Å². The molecule has 0 radical (unpaired) electrons. The van der Waals surface area contributed by atoms with Crippen molar-refractivity contribution in [2.45, 2.75) is 59.4 Å². The first-order valence-electron chi connectivity index (χ1n) is 7.95. The lowest BCUT2D eigenvalue weighted by atomic mass is 9.78. The van der Waals surface area contributed by atoms with Gasteiger partial charge in [-0.25, -0.2) is 9.97 Å². The number of hydrogen-bond acceptors (Lipinski definition) is 4. The van der Waals surface area contributed by atoms with E-state index in [-0.39, 0.29) is 0 Å². The van der Waals surface area contributed by atoms with Crippen LogP contribution in [0.3, 0.4) is 0 Å². The second-order valence-electron chi connectivity index (χ2n) is 6.17. The summed E-state index contributed by atoms with van der Waals surface area (Å²) in [7, 11) is 0. The summed E-state index contributed by atoms with van der Waals surface area (Å²) >= 11 is 0. The van der Waals surface area contributed by atoms with Gasteiger partial charge in [0.25, 0.3) is 0 Å². The van der Waals surface area contributed by atoms with E-state index in [2.05, 4.69) is 48.3 Å². The minimum absolute atomic E-state index is 0.548. The second kappa shape index (κ2) is 6.91. The Morgan fingerprint density at radius 3 is 2.60 bits per heavy atom. The highest BCUT2D eigenvalue weighted by Gasteiger charge is 2.28. The minimum atomic E-state index is 0.548. The Morgan fingerprint density at radius 1 is 1.20 bits per heavy atom. The highest BCUT2D eigenvalue weighted by molar-refractivity contribution is 5.56. The molecule has 0 saturated heterocycles. The van der Waals surface area contributed by atoms with Gasteiger partial charge in [0.1, 0.15) is 18.0 Å². The molecule has 2 N–H and O–H groups in total. The van der Waals surface area contributed by atoms with Gasteiger partial charge in [0.05, 0.1) is 0 Å². The summed E-state index contributed by atoms with van der Waals surface area (Å²) in [6, 6.07) is 0.548. The number of nitrogens with one attached hydrogen (secondary N) is 2. The van der Waals surface area contributed by atoms with Gasteiger partial charge in [-0.2, -0.15) is 0 Å². The molecule has 1 saturated carbocycles. The molecule has 1 aliphatic rings. The zero-order valence-corrected chi connectivity index (χ0v) is 13.2. The summed E-state index contributed by atoms with van der Waals surface area (Å²) in [4.78, 5) is 8.76. The summed E-state index contributed by atoms with van der Waals surface area (Å²) in [5, 5.41) is 6.98. The maximum absolute atomic E-state index is 4.45. The summed E-state index contributed by atoms with van der Waals surface area (Å²) in [6.45, 7) is 9.73. The van der Waals surface area contributed by atoms with Crippen LogP contribution in [0.4, 0.5) is 11.6 Å². The first-order valence-corrected chi connectivity index (χ1v) is 7.95. The van der Waals surface area contributed by atoms with Crippen LogP contribution in [0.2, 0.25) is 0 Å². The topological polar surface area (TPSA) is 49.8 Å². The van der Waals surface area contributed by atoms with Gasteiger partial charge >= 0.3 is 0 Å². The van der Waals surface area contributed by atoms with E-state index < -0.39 is 0 Å². The molecule has 0 aromatic carbocycles. The van der Waals surface area contributed by atoms with Crippen LogP contribution in [0.15, 0.2) is 6.33 Å². The highest BCUT2D eigenvalue weighted by Crippen LogP contribution is 2.33. The van der Waals surface area contributed by atoms with E-state index in [1.807, 2.05) is 0 Å². The summed E-state index contributed by atoms with van der Waals surface area (Å²) < 4.78 is 0. The smallest absolute Gasteiger partial charge is 0.134 e. The molecule has 2 unspecified atom stereocenters. The molecule has 1 aromatic rings. The Hall–Kier alpha value is -1.32. The van der Waals surface area contributed by atoms with Crippen molar-refractivity contribution < 1.29 is 0 Å². The van der Waals surface area contributed by atoms with E-state index in [1.54, 1.807) is 6.33 Å². The van der Waals surface area contributed by atoms with Gasteiger partial charge in [-0.3, -0.25) is 0 Å². The molecule has 0 spiro atoms. The van der Waals surface area contributed by atoms with E-state index in [1.165, 1.54) is 25.7 Å². The molecule has 2 atom stereocenters.